The molecule has 0 bridgehead atoms. The Kier molecular flexibility index (Phi) is 4.54. The number of carbonyl (C=O) groups is 1. The normalized spacial score (nSPS) is 21.7. The minimum absolute atomic E-state index is 0.0512. The molecule has 1 fully saturated rings. The second-order valence-electron chi connectivity index (χ2n) is 6.06. The summed E-state index contributed by atoms with van der Waals surface area (Å²) in [5, 5.41) is 0. The summed E-state index contributed by atoms with van der Waals surface area (Å²) in [6.07, 6.45) is -0.0225. The molecule has 1 atom stereocenters. The van der Waals surface area contributed by atoms with Gasteiger partial charge < -0.3 is 20.1 Å². The molecular weight excluding hydrogens is 268 g/mol. The molecule has 1 amide bonds. The number of morpholine rings is 1. The molecule has 1 aromatic rings. The lowest BCUT2D eigenvalue weighted by Crippen LogP contribution is -2.59. The van der Waals surface area contributed by atoms with Crippen molar-refractivity contribution in [2.24, 2.45) is 5.73 Å². The van der Waals surface area contributed by atoms with E-state index in [1.807, 2.05) is 38.1 Å². The number of amides is 1. The van der Waals surface area contributed by atoms with Crippen LogP contribution in [0.15, 0.2) is 24.3 Å². The first-order valence-corrected chi connectivity index (χ1v) is 7.30. The fourth-order valence-electron chi connectivity index (χ4n) is 2.44. The van der Waals surface area contributed by atoms with Crippen LogP contribution in [0.1, 0.15) is 27.7 Å². The van der Waals surface area contributed by atoms with Gasteiger partial charge in [-0.3, -0.25) is 4.79 Å². The Balaban J connectivity index is 2.21. The van der Waals surface area contributed by atoms with Crippen LogP contribution < -0.4 is 15.4 Å². The topological polar surface area (TPSA) is 64.8 Å². The highest BCUT2D eigenvalue weighted by Crippen LogP contribution is 2.28. The molecule has 0 spiro atoms. The monoisotopic (exact) mass is 292 g/mol. The highest BCUT2D eigenvalue weighted by Gasteiger charge is 2.41. The number of ether oxygens (including phenoxy) is 2. The van der Waals surface area contributed by atoms with Gasteiger partial charge in [0.2, 0.25) is 0 Å². The first-order chi connectivity index (χ1) is 9.83. The van der Waals surface area contributed by atoms with Crippen LogP contribution in [-0.2, 0) is 9.53 Å². The van der Waals surface area contributed by atoms with Gasteiger partial charge in [-0.2, -0.15) is 0 Å². The second-order valence-corrected chi connectivity index (χ2v) is 6.06. The van der Waals surface area contributed by atoms with Crippen LogP contribution >= 0.6 is 0 Å². The van der Waals surface area contributed by atoms with Crippen molar-refractivity contribution in [3.63, 3.8) is 0 Å². The lowest BCUT2D eigenvalue weighted by Gasteiger charge is -2.41. The van der Waals surface area contributed by atoms with Gasteiger partial charge in [0.15, 0.2) is 0 Å². The summed E-state index contributed by atoms with van der Waals surface area (Å²) >= 11 is 0. The van der Waals surface area contributed by atoms with Crippen molar-refractivity contribution in [2.75, 3.05) is 18.0 Å². The van der Waals surface area contributed by atoms with Crippen LogP contribution in [0.3, 0.4) is 0 Å². The van der Waals surface area contributed by atoms with E-state index in [9.17, 15) is 4.79 Å². The van der Waals surface area contributed by atoms with Gasteiger partial charge in [-0.1, -0.05) is 0 Å². The Morgan fingerprint density at radius 2 is 2.00 bits per heavy atom. The smallest absolute Gasteiger partial charge is 0.258 e. The third-order valence-corrected chi connectivity index (χ3v) is 3.39. The first kappa shape index (κ1) is 15.8. The number of anilines is 1. The maximum atomic E-state index is 12.5. The van der Waals surface area contributed by atoms with Crippen LogP contribution in [-0.4, -0.2) is 36.8 Å². The van der Waals surface area contributed by atoms with Gasteiger partial charge in [0.05, 0.1) is 18.8 Å². The Morgan fingerprint density at radius 3 is 2.52 bits per heavy atom. The van der Waals surface area contributed by atoms with E-state index in [0.29, 0.717) is 13.1 Å². The quantitative estimate of drug-likeness (QED) is 0.921. The second kappa shape index (κ2) is 6.03. The maximum Gasteiger partial charge on any atom is 0.258 e. The minimum Gasteiger partial charge on any atom is -0.491 e. The zero-order valence-corrected chi connectivity index (χ0v) is 13.1. The SMILES string of the molecule is CC(C)Oc1ccc(N2CC(CN)OC(C)(C)C2=O)cc1. The van der Waals surface area contributed by atoms with Crippen molar-refractivity contribution in [1.82, 2.24) is 0 Å². The van der Waals surface area contributed by atoms with E-state index in [0.717, 1.165) is 11.4 Å². The number of nitrogens with zero attached hydrogens (tertiary/aromatic N) is 1. The van der Waals surface area contributed by atoms with Gasteiger partial charge in [-0.15, -0.1) is 0 Å². The van der Waals surface area contributed by atoms with E-state index in [1.54, 1.807) is 18.7 Å². The summed E-state index contributed by atoms with van der Waals surface area (Å²) < 4.78 is 11.3. The molecule has 5 nitrogen and oxygen atoms in total. The summed E-state index contributed by atoms with van der Waals surface area (Å²) in [6, 6.07) is 7.54. The van der Waals surface area contributed by atoms with Crippen molar-refractivity contribution in [2.45, 2.75) is 45.5 Å². The fourth-order valence-corrected chi connectivity index (χ4v) is 2.44. The molecule has 1 unspecified atom stereocenters. The zero-order valence-electron chi connectivity index (χ0n) is 13.1. The number of carbonyl (C=O) groups excluding carboxylic acids is 1. The van der Waals surface area contributed by atoms with E-state index in [2.05, 4.69) is 0 Å². The first-order valence-electron chi connectivity index (χ1n) is 7.30. The molecule has 1 aliphatic heterocycles. The molecule has 5 heteroatoms. The Hall–Kier alpha value is -1.59. The molecule has 1 saturated heterocycles. The van der Waals surface area contributed by atoms with Crippen molar-refractivity contribution in [3.8, 4) is 5.75 Å². The highest BCUT2D eigenvalue weighted by molar-refractivity contribution is 5.99. The lowest BCUT2D eigenvalue weighted by atomic mass is 10.0. The molecule has 1 aromatic carbocycles. The number of nitrogens with two attached hydrogens (primary N) is 1. The molecule has 21 heavy (non-hydrogen) atoms. The summed E-state index contributed by atoms with van der Waals surface area (Å²) in [4.78, 5) is 14.2. The van der Waals surface area contributed by atoms with E-state index in [4.69, 9.17) is 15.2 Å². The molecule has 2 N–H and O–H groups in total. The van der Waals surface area contributed by atoms with E-state index in [-0.39, 0.29) is 18.1 Å². The number of benzene rings is 1. The molecule has 0 aromatic heterocycles. The molecule has 1 aliphatic rings. The standard InChI is InChI=1S/C16H24N2O3/c1-11(2)20-13-7-5-12(6-8-13)18-10-14(9-17)21-16(3,4)15(18)19/h5-8,11,14H,9-10,17H2,1-4H3. The van der Waals surface area contributed by atoms with Crippen LogP contribution in [0.5, 0.6) is 5.75 Å². The summed E-state index contributed by atoms with van der Waals surface area (Å²) in [7, 11) is 0. The number of hydrogen-bond acceptors (Lipinski definition) is 4. The average molecular weight is 292 g/mol. The zero-order chi connectivity index (χ0) is 15.6. The molecule has 2 rings (SSSR count). The lowest BCUT2D eigenvalue weighted by molar-refractivity contribution is -0.153. The van der Waals surface area contributed by atoms with Crippen LogP contribution in [0.2, 0.25) is 0 Å². The van der Waals surface area contributed by atoms with E-state index < -0.39 is 5.60 Å². The Morgan fingerprint density at radius 1 is 1.38 bits per heavy atom. The van der Waals surface area contributed by atoms with Crippen molar-refractivity contribution in [1.29, 1.82) is 0 Å². The summed E-state index contributed by atoms with van der Waals surface area (Å²) in [5.41, 5.74) is 5.69. The Bertz CT molecular complexity index is 497. The summed E-state index contributed by atoms with van der Waals surface area (Å²) in [5.74, 6) is 0.744. The predicted molar refractivity (Wildman–Crippen MR) is 82.6 cm³/mol. The molecule has 0 saturated carbocycles. The third kappa shape index (κ3) is 3.54. The molecule has 0 aliphatic carbocycles. The largest absolute Gasteiger partial charge is 0.491 e. The van der Waals surface area contributed by atoms with Crippen molar-refractivity contribution in [3.05, 3.63) is 24.3 Å². The van der Waals surface area contributed by atoms with Gasteiger partial charge >= 0.3 is 0 Å². The Labute approximate surface area is 126 Å². The summed E-state index contributed by atoms with van der Waals surface area (Å²) in [6.45, 7) is 8.38. The third-order valence-electron chi connectivity index (χ3n) is 3.39. The minimum atomic E-state index is -0.852. The van der Waals surface area contributed by atoms with Gasteiger partial charge in [-0.25, -0.2) is 0 Å². The van der Waals surface area contributed by atoms with Crippen LogP contribution in [0.25, 0.3) is 0 Å². The predicted octanol–water partition coefficient (Wildman–Crippen LogP) is 1.94. The van der Waals surface area contributed by atoms with E-state index in [1.165, 1.54) is 0 Å². The van der Waals surface area contributed by atoms with Gasteiger partial charge in [0.25, 0.3) is 5.91 Å². The van der Waals surface area contributed by atoms with Gasteiger partial charge in [0.1, 0.15) is 11.4 Å². The van der Waals surface area contributed by atoms with E-state index >= 15 is 0 Å². The molecule has 0 radical (unpaired) electrons. The van der Waals surface area contributed by atoms with Crippen LogP contribution in [0, 0.1) is 0 Å². The van der Waals surface area contributed by atoms with Crippen LogP contribution in [0.4, 0.5) is 5.69 Å². The van der Waals surface area contributed by atoms with Crippen molar-refractivity contribution >= 4 is 11.6 Å². The molecule has 1 heterocycles. The molecule has 116 valence electrons. The van der Waals surface area contributed by atoms with Crippen molar-refractivity contribution < 1.29 is 14.3 Å². The van der Waals surface area contributed by atoms with Gasteiger partial charge in [-0.05, 0) is 52.0 Å². The number of hydrogen-bond donors (Lipinski definition) is 1. The fraction of sp³-hybridized carbons (Fsp3) is 0.562. The van der Waals surface area contributed by atoms with Gasteiger partial charge in [0, 0.05) is 12.2 Å². The average Bonchev–Trinajstić information content (AvgIpc) is 2.42. The number of rotatable bonds is 4. The molecular formula is C16H24N2O3. The maximum absolute atomic E-state index is 12.5. The highest BCUT2D eigenvalue weighted by atomic mass is 16.5.